The molecule has 0 saturated carbocycles. The van der Waals surface area contributed by atoms with Crippen molar-refractivity contribution in [1.29, 1.82) is 0 Å². The van der Waals surface area contributed by atoms with E-state index in [1.165, 1.54) is 199 Å². The molecule has 0 aliphatic heterocycles. The Morgan fingerprint density at radius 2 is 0.750 bits per heavy atom. The van der Waals surface area contributed by atoms with Gasteiger partial charge in [0.05, 0.1) is 25.2 Å². The maximum atomic E-state index is 13.1. The van der Waals surface area contributed by atoms with Crippen LogP contribution in [0.4, 0.5) is 0 Å². The minimum Gasteiger partial charge on any atom is -0.462 e. The molecule has 6 heteroatoms. The second-order valence-corrected chi connectivity index (χ2v) is 17.6. The third-order valence-corrected chi connectivity index (χ3v) is 11.9. The molecule has 0 heterocycles. The van der Waals surface area contributed by atoms with Crippen molar-refractivity contribution in [1.82, 2.24) is 5.32 Å². The summed E-state index contributed by atoms with van der Waals surface area (Å²) < 4.78 is 5.92. The number of aliphatic hydroxyl groups is 2. The highest BCUT2D eigenvalue weighted by Gasteiger charge is 2.24. The Morgan fingerprint density at radius 3 is 1.09 bits per heavy atom. The van der Waals surface area contributed by atoms with E-state index in [0.29, 0.717) is 19.3 Å². The first-order chi connectivity index (χ1) is 27.5. The van der Waals surface area contributed by atoms with Gasteiger partial charge in [-0.15, -0.1) is 0 Å². The SMILES string of the molecule is CCCCCCCCCCCCCCCCCCCCC(=O)OC(CCCCCCCCCCC)CC(=O)NC(CO)C(O)CCCCCCCCCCCC. The Bertz CT molecular complexity index is 806. The molecule has 0 aliphatic rings. The van der Waals surface area contributed by atoms with Gasteiger partial charge in [-0.2, -0.15) is 0 Å². The zero-order valence-corrected chi connectivity index (χ0v) is 38.0. The summed E-state index contributed by atoms with van der Waals surface area (Å²) in [6, 6.07) is -0.690. The van der Waals surface area contributed by atoms with Crippen LogP contribution in [0.3, 0.4) is 0 Å². The molecule has 1 amide bonds. The number of unbranched alkanes of at least 4 members (excludes halogenated alkanes) is 34. The number of rotatable bonds is 46. The number of amides is 1. The van der Waals surface area contributed by atoms with Crippen LogP contribution in [0, 0.1) is 0 Å². The van der Waals surface area contributed by atoms with E-state index in [1.54, 1.807) is 0 Å². The Morgan fingerprint density at radius 1 is 0.446 bits per heavy atom. The van der Waals surface area contributed by atoms with Crippen LogP contribution >= 0.6 is 0 Å². The molecule has 0 bridgehead atoms. The number of esters is 1. The van der Waals surface area contributed by atoms with E-state index < -0.39 is 18.2 Å². The topological polar surface area (TPSA) is 95.9 Å². The second-order valence-electron chi connectivity index (χ2n) is 17.6. The quantitative estimate of drug-likeness (QED) is 0.0421. The minimum absolute atomic E-state index is 0.0867. The van der Waals surface area contributed by atoms with Gasteiger partial charge in [0.25, 0.3) is 0 Å². The molecule has 3 N–H and O–H groups in total. The summed E-state index contributed by atoms with van der Waals surface area (Å²) in [5, 5.41) is 23.6. The average Bonchev–Trinajstić information content (AvgIpc) is 3.19. The molecule has 0 saturated heterocycles. The monoisotopic (exact) mass is 794 g/mol. The average molecular weight is 794 g/mol. The van der Waals surface area contributed by atoms with Gasteiger partial charge >= 0.3 is 5.97 Å². The van der Waals surface area contributed by atoms with E-state index >= 15 is 0 Å². The number of hydrogen-bond acceptors (Lipinski definition) is 5. The molecular weight excluding hydrogens is 695 g/mol. The van der Waals surface area contributed by atoms with E-state index in [-0.39, 0.29) is 24.9 Å². The van der Waals surface area contributed by atoms with Crippen molar-refractivity contribution in [2.75, 3.05) is 6.61 Å². The van der Waals surface area contributed by atoms with Crippen molar-refractivity contribution in [3.8, 4) is 0 Å². The first-order valence-corrected chi connectivity index (χ1v) is 25.3. The van der Waals surface area contributed by atoms with Gasteiger partial charge in [-0.1, -0.05) is 245 Å². The van der Waals surface area contributed by atoms with Gasteiger partial charge in [-0.05, 0) is 25.7 Å². The smallest absolute Gasteiger partial charge is 0.306 e. The highest BCUT2D eigenvalue weighted by molar-refractivity contribution is 5.77. The molecule has 0 aromatic rings. The molecule has 3 unspecified atom stereocenters. The number of aliphatic hydroxyl groups excluding tert-OH is 2. The lowest BCUT2D eigenvalue weighted by Crippen LogP contribution is -2.46. The molecule has 0 aliphatic carbocycles. The van der Waals surface area contributed by atoms with Crippen molar-refractivity contribution >= 4 is 11.9 Å². The fourth-order valence-corrected chi connectivity index (χ4v) is 8.08. The van der Waals surface area contributed by atoms with Gasteiger partial charge in [0.1, 0.15) is 6.10 Å². The lowest BCUT2D eigenvalue weighted by atomic mass is 10.0. The lowest BCUT2D eigenvalue weighted by molar-refractivity contribution is -0.151. The van der Waals surface area contributed by atoms with Gasteiger partial charge in [-0.3, -0.25) is 9.59 Å². The molecule has 0 aromatic heterocycles. The van der Waals surface area contributed by atoms with E-state index in [0.717, 1.165) is 38.5 Å². The number of hydrogen-bond donors (Lipinski definition) is 3. The van der Waals surface area contributed by atoms with Crippen molar-refractivity contribution < 1.29 is 24.5 Å². The summed E-state index contributed by atoms with van der Waals surface area (Å²) in [7, 11) is 0. The van der Waals surface area contributed by atoms with Crippen molar-refractivity contribution in [3.63, 3.8) is 0 Å². The predicted octanol–water partition coefficient (Wildman–Crippen LogP) is 14.8. The van der Waals surface area contributed by atoms with E-state index in [1.807, 2.05) is 0 Å². The zero-order valence-electron chi connectivity index (χ0n) is 38.0. The summed E-state index contributed by atoms with van der Waals surface area (Å²) in [5.41, 5.74) is 0. The molecule has 56 heavy (non-hydrogen) atoms. The van der Waals surface area contributed by atoms with E-state index in [9.17, 15) is 19.8 Å². The molecule has 3 atom stereocenters. The normalized spacial score (nSPS) is 13.2. The van der Waals surface area contributed by atoms with Crippen LogP contribution in [0.1, 0.15) is 284 Å². The van der Waals surface area contributed by atoms with Gasteiger partial charge in [0, 0.05) is 6.42 Å². The zero-order chi connectivity index (χ0) is 41.0. The number of carbonyl (C=O) groups is 2. The van der Waals surface area contributed by atoms with Gasteiger partial charge in [0.15, 0.2) is 0 Å². The Hall–Kier alpha value is -1.14. The summed E-state index contributed by atoms with van der Waals surface area (Å²) in [6.45, 7) is 6.48. The van der Waals surface area contributed by atoms with E-state index in [2.05, 4.69) is 26.1 Å². The third-order valence-electron chi connectivity index (χ3n) is 11.9. The largest absolute Gasteiger partial charge is 0.462 e. The van der Waals surface area contributed by atoms with Crippen LogP contribution in [0.2, 0.25) is 0 Å². The highest BCUT2D eigenvalue weighted by Crippen LogP contribution is 2.18. The Kier molecular flexibility index (Phi) is 44.0. The number of carbonyl (C=O) groups excluding carboxylic acids is 2. The highest BCUT2D eigenvalue weighted by atomic mass is 16.5. The van der Waals surface area contributed by atoms with Crippen LogP contribution < -0.4 is 5.32 Å². The third kappa shape index (κ3) is 39.7. The molecule has 0 radical (unpaired) electrons. The number of ether oxygens (including phenoxy) is 1. The fourth-order valence-electron chi connectivity index (χ4n) is 8.08. The van der Waals surface area contributed by atoms with Crippen molar-refractivity contribution in [3.05, 3.63) is 0 Å². The van der Waals surface area contributed by atoms with Crippen LogP contribution in [-0.4, -0.2) is 46.9 Å². The molecule has 6 nitrogen and oxygen atoms in total. The van der Waals surface area contributed by atoms with Crippen LogP contribution in [0.15, 0.2) is 0 Å². The summed E-state index contributed by atoms with van der Waals surface area (Å²) in [5.74, 6) is -0.456. The first-order valence-electron chi connectivity index (χ1n) is 25.3. The van der Waals surface area contributed by atoms with Crippen LogP contribution in [-0.2, 0) is 14.3 Å². The summed E-state index contributed by atoms with van der Waals surface area (Å²) in [4.78, 5) is 26.0. The maximum absolute atomic E-state index is 13.1. The summed E-state index contributed by atoms with van der Waals surface area (Å²) >= 11 is 0. The first kappa shape index (κ1) is 54.9. The van der Waals surface area contributed by atoms with Gasteiger partial charge in [-0.25, -0.2) is 0 Å². The molecular formula is C50H99NO5. The van der Waals surface area contributed by atoms with E-state index in [4.69, 9.17) is 4.74 Å². The van der Waals surface area contributed by atoms with Gasteiger partial charge in [0.2, 0.25) is 5.91 Å². The summed E-state index contributed by atoms with van der Waals surface area (Å²) in [6.07, 6.45) is 47.4. The Balaban J connectivity index is 4.37. The van der Waals surface area contributed by atoms with Crippen molar-refractivity contribution in [2.24, 2.45) is 0 Å². The van der Waals surface area contributed by atoms with Crippen molar-refractivity contribution in [2.45, 2.75) is 302 Å². The van der Waals surface area contributed by atoms with Crippen LogP contribution in [0.25, 0.3) is 0 Å². The predicted molar refractivity (Wildman–Crippen MR) is 241 cm³/mol. The minimum atomic E-state index is -0.777. The second kappa shape index (κ2) is 45.0. The maximum Gasteiger partial charge on any atom is 0.306 e. The van der Waals surface area contributed by atoms with Gasteiger partial charge < -0.3 is 20.3 Å². The van der Waals surface area contributed by atoms with Crippen LogP contribution in [0.5, 0.6) is 0 Å². The molecule has 334 valence electrons. The molecule has 0 fully saturated rings. The standard InChI is InChI=1S/C50H99NO5/c1-4-7-10-13-16-19-21-22-23-24-25-26-27-28-31-34-37-40-43-50(55)56-46(41-38-35-32-29-18-15-12-9-6-3)44-49(54)51-47(45-52)48(53)42-39-36-33-30-20-17-14-11-8-5-2/h46-48,52-53H,4-45H2,1-3H3,(H,51,54). The number of nitrogens with one attached hydrogen (secondary N) is 1. The molecule has 0 spiro atoms. The molecule has 0 aromatic carbocycles. The lowest BCUT2D eigenvalue weighted by Gasteiger charge is -2.24. The fraction of sp³-hybridized carbons (Fsp3) is 0.960. The molecule has 0 rings (SSSR count). The Labute approximate surface area is 349 Å².